The SMILES string of the molecule is C.CC1(CCNC(=O)[C@@H](N)CC(=O)OC(C)(C)C)N=N1.CC1(CCNC(=O)[C@H](CC(=O)O)CC(=O)[C@H](CO)NCCC2(C)N=N2)N=N1.CC1(CCNC(=O)[C@H](CC(=O)OC(C)(C)C)CC(=O)[C@H](CO)NCCC2(C)N=N2)N=N1.CC1(CCN[C@@H](CO)C(=O)OC(C)(C)C)N=N1. The van der Waals surface area contributed by atoms with E-state index in [9.17, 15) is 53.4 Å². The number of ether oxygens (including phenoxy) is 3. The average Bonchev–Trinajstić information content (AvgIpc) is 1.69. The largest absolute Gasteiger partial charge is 0.481 e. The highest BCUT2D eigenvalue weighted by atomic mass is 16.6. The summed E-state index contributed by atoms with van der Waals surface area (Å²) < 4.78 is 15.6. The molecule has 0 spiro atoms. The lowest BCUT2D eigenvalue weighted by Crippen LogP contribution is -2.44. The fraction of sp³-hybridized carbons (Fsp3) is 0.850. The zero-order chi connectivity index (χ0) is 71.2. The maximum atomic E-state index is 12.7. The summed E-state index contributed by atoms with van der Waals surface area (Å²) in [5.74, 6) is -6.58. The Hall–Kier alpha value is -7.05. The summed E-state index contributed by atoms with van der Waals surface area (Å²) in [6.45, 7) is 28.4. The number of esters is 3. The summed E-state index contributed by atoms with van der Waals surface area (Å²) in [6.07, 6.45) is 2.32. The fourth-order valence-electron chi connectivity index (χ4n) is 8.14. The molecule has 35 nitrogen and oxygen atoms in total. The number of nitrogens with two attached hydrogens (primary N) is 1. The van der Waals surface area contributed by atoms with E-state index in [-0.39, 0.29) is 62.7 Å². The predicted octanol–water partition coefficient (Wildman–Crippen LogP) is 3.97. The molecule has 6 heterocycles. The van der Waals surface area contributed by atoms with Crippen molar-refractivity contribution in [1.82, 2.24) is 31.9 Å². The number of aliphatic hydroxyl groups excluding tert-OH is 3. The molecule has 0 aliphatic carbocycles. The van der Waals surface area contributed by atoms with Gasteiger partial charge in [-0.3, -0.25) is 43.2 Å². The van der Waals surface area contributed by atoms with Crippen LogP contribution in [0.4, 0.5) is 0 Å². The third kappa shape index (κ3) is 37.2. The molecule has 0 saturated heterocycles. The second-order valence-electron chi connectivity index (χ2n) is 28.0. The number of amides is 3. The summed E-state index contributed by atoms with van der Waals surface area (Å²) in [5.41, 5.74) is 1.45. The van der Waals surface area contributed by atoms with Gasteiger partial charge in [0, 0.05) is 90.6 Å². The maximum Gasteiger partial charge on any atom is 0.326 e. The zero-order valence-corrected chi connectivity index (χ0v) is 57.2. The number of ketones is 2. The molecule has 0 radical (unpaired) electrons. The first kappa shape index (κ1) is 84.0. The molecule has 6 rings (SSSR count). The summed E-state index contributed by atoms with van der Waals surface area (Å²) >= 11 is 0. The van der Waals surface area contributed by atoms with Gasteiger partial charge in [0.2, 0.25) is 17.7 Å². The fourth-order valence-corrected chi connectivity index (χ4v) is 8.14. The number of hydrogen-bond acceptors (Lipinski definition) is 31. The molecule has 3 amide bonds. The van der Waals surface area contributed by atoms with Crippen molar-refractivity contribution in [3.8, 4) is 0 Å². The Kier molecular flexibility index (Phi) is 32.1. The minimum Gasteiger partial charge on any atom is -0.481 e. The van der Waals surface area contributed by atoms with E-state index in [0.29, 0.717) is 77.8 Å². The topological polar surface area (TPSA) is 509 Å². The molecule has 0 unspecified atom stereocenters. The molecular weight excluding hydrogens is 1240 g/mol. The van der Waals surface area contributed by atoms with Crippen molar-refractivity contribution < 1.29 is 77.8 Å². The molecule has 6 aliphatic heterocycles. The molecule has 95 heavy (non-hydrogen) atoms. The Morgan fingerprint density at radius 1 is 0.389 bits per heavy atom. The summed E-state index contributed by atoms with van der Waals surface area (Å²) in [6, 6.07) is -3.27. The van der Waals surface area contributed by atoms with Crippen LogP contribution in [-0.4, -0.2) is 208 Å². The molecule has 0 fully saturated rings. The van der Waals surface area contributed by atoms with Gasteiger partial charge in [0.25, 0.3) is 0 Å². The van der Waals surface area contributed by atoms with Gasteiger partial charge in [-0.05, 0) is 104 Å². The first-order valence-electron chi connectivity index (χ1n) is 31.6. The van der Waals surface area contributed by atoms with Crippen LogP contribution in [0.2, 0.25) is 0 Å². The van der Waals surface area contributed by atoms with E-state index in [1.54, 1.807) is 62.3 Å². The van der Waals surface area contributed by atoms with E-state index in [2.05, 4.69) is 93.3 Å². The van der Waals surface area contributed by atoms with Crippen molar-refractivity contribution in [2.75, 3.05) is 59.1 Å². The van der Waals surface area contributed by atoms with Crippen molar-refractivity contribution in [2.45, 2.75) is 257 Å². The summed E-state index contributed by atoms with van der Waals surface area (Å²) in [7, 11) is 0. The molecule has 35 heteroatoms. The molecule has 0 aromatic carbocycles. The van der Waals surface area contributed by atoms with Gasteiger partial charge in [-0.1, -0.05) is 7.43 Å². The lowest BCUT2D eigenvalue weighted by atomic mass is 9.94. The van der Waals surface area contributed by atoms with Crippen molar-refractivity contribution >= 4 is 53.2 Å². The van der Waals surface area contributed by atoms with Crippen LogP contribution in [0.3, 0.4) is 0 Å². The van der Waals surface area contributed by atoms with E-state index >= 15 is 0 Å². The number of Topliss-reactive ketones (excluding diaryl/α,β-unsaturated/α-hetero) is 2. The van der Waals surface area contributed by atoms with Gasteiger partial charge in [-0.25, -0.2) is 0 Å². The Balaban J connectivity index is 0.000000442. The number of nitrogens with zero attached hydrogens (tertiary/aromatic N) is 12. The second kappa shape index (κ2) is 36.3. The molecule has 6 aliphatic rings. The number of aliphatic carboxylic acids is 1. The molecular formula is C60H107N19O16. The normalized spacial score (nSPS) is 18.9. The maximum absolute atomic E-state index is 12.7. The highest BCUT2D eigenvalue weighted by Gasteiger charge is 2.39. The lowest BCUT2D eigenvalue weighted by molar-refractivity contribution is -0.159. The number of carbonyl (C=O) groups is 9. The minimum atomic E-state index is -1.17. The van der Waals surface area contributed by atoms with E-state index < -0.39 is 137 Å². The third-order valence-corrected chi connectivity index (χ3v) is 14.4. The van der Waals surface area contributed by atoms with Crippen LogP contribution in [0, 0.1) is 11.8 Å². The predicted molar refractivity (Wildman–Crippen MR) is 343 cm³/mol. The summed E-state index contributed by atoms with van der Waals surface area (Å²) in [4.78, 5) is 108. The quantitative estimate of drug-likeness (QED) is 0.0305. The second-order valence-corrected chi connectivity index (χ2v) is 28.0. The molecule has 0 bridgehead atoms. The van der Waals surface area contributed by atoms with Gasteiger partial charge in [0.15, 0.2) is 45.5 Å². The zero-order valence-electron chi connectivity index (χ0n) is 57.2. The van der Waals surface area contributed by atoms with Gasteiger partial charge in [-0.2, -0.15) is 61.4 Å². The monoisotopic (exact) mass is 1350 g/mol. The van der Waals surface area contributed by atoms with E-state index in [1.807, 2.05) is 41.5 Å². The standard InChI is InChI=1S/C20H34N6O5.C16H26N6O5.C12H22N4O3.C11H21N3O3.CH4/c1-18(2,3)31-16(29)11-13(17(30)22-9-7-20(5)25-26-20)10-15(28)14(12-27)21-8-6-19(4)23-24-19;1-15(19-20-15)3-5-17-11(9-23)12(24)7-10(8-13(25)26)14(27)18-6-4-16(2)21-22-16;1-11(2,3)19-9(17)7-8(13)10(18)14-6-5-12(4)15-16-12;1-10(2,3)17-9(16)8(7-15)12-6-5-11(4)13-14-11;/h13-14,21,27H,6-12H2,1-5H3,(H,22,30);10-11,17,23H,3-9H2,1-2H3,(H,18,27)(H,25,26);8H,5-7,13H2,1-4H3,(H,14,18);8,12,15H,5-7H2,1-4H3;1H4/t13-,14-;10-,11-;2*8-;/m0000./s1. The van der Waals surface area contributed by atoms with Crippen molar-refractivity contribution in [3.63, 3.8) is 0 Å². The highest BCUT2D eigenvalue weighted by molar-refractivity contribution is 5.93. The van der Waals surface area contributed by atoms with Crippen molar-refractivity contribution in [1.29, 1.82) is 0 Å². The Morgan fingerprint density at radius 3 is 0.926 bits per heavy atom. The number of hydrogen-bond donors (Lipinski definition) is 11. The van der Waals surface area contributed by atoms with Crippen molar-refractivity contribution in [2.24, 2.45) is 78.9 Å². The first-order chi connectivity index (χ1) is 43.4. The van der Waals surface area contributed by atoms with Crippen molar-refractivity contribution in [3.05, 3.63) is 0 Å². The lowest BCUT2D eigenvalue weighted by Gasteiger charge is -2.23. The summed E-state index contributed by atoms with van der Waals surface area (Å²) in [5, 5.41) is 101. The van der Waals surface area contributed by atoms with Gasteiger partial charge in [-0.15, -0.1) is 0 Å². The Bertz CT molecular complexity index is 2780. The minimum absolute atomic E-state index is 0. The number of rotatable bonds is 40. The number of carboxylic acids is 1. The molecule has 538 valence electrons. The third-order valence-electron chi connectivity index (χ3n) is 14.4. The Morgan fingerprint density at radius 2 is 0.653 bits per heavy atom. The molecule has 6 atom stereocenters. The molecule has 0 aromatic rings. The van der Waals surface area contributed by atoms with E-state index in [0.717, 1.165) is 0 Å². The van der Waals surface area contributed by atoms with Gasteiger partial charge in [0.1, 0.15) is 22.8 Å². The smallest absolute Gasteiger partial charge is 0.326 e. The number of aliphatic hydroxyl groups is 3. The molecule has 12 N–H and O–H groups in total. The number of carboxylic acid groups (broad SMARTS) is 1. The van der Waals surface area contributed by atoms with Crippen LogP contribution in [0.25, 0.3) is 0 Å². The number of nitrogens with one attached hydrogen (secondary N) is 6. The van der Waals surface area contributed by atoms with Crippen LogP contribution in [-0.2, 0) is 57.4 Å². The Labute approximate surface area is 556 Å². The van der Waals surface area contributed by atoms with Gasteiger partial charge >= 0.3 is 23.9 Å². The van der Waals surface area contributed by atoms with Crippen LogP contribution in [0.5, 0.6) is 0 Å². The average molecular weight is 1350 g/mol. The van der Waals surface area contributed by atoms with Crippen LogP contribution >= 0.6 is 0 Å². The van der Waals surface area contributed by atoms with Crippen LogP contribution in [0.15, 0.2) is 61.4 Å². The first-order valence-corrected chi connectivity index (χ1v) is 31.6. The van der Waals surface area contributed by atoms with E-state index in [1.165, 1.54) is 0 Å². The van der Waals surface area contributed by atoms with Gasteiger partial charge in [0.05, 0.1) is 69.0 Å². The number of carbonyl (C=O) groups excluding carboxylic acids is 8. The highest BCUT2D eigenvalue weighted by Crippen LogP contribution is 2.34. The van der Waals surface area contributed by atoms with Gasteiger partial charge < -0.3 is 72.3 Å². The van der Waals surface area contributed by atoms with E-state index in [4.69, 9.17) is 30.2 Å². The van der Waals surface area contributed by atoms with Crippen LogP contribution in [0.1, 0.15) is 182 Å². The molecule has 0 aromatic heterocycles. The molecule has 0 saturated carbocycles. The van der Waals surface area contributed by atoms with Crippen LogP contribution < -0.4 is 37.6 Å².